The fraction of sp³-hybridized carbons (Fsp3) is 0.0714. The molecule has 3 aromatic rings. The monoisotopic (exact) mass is 255 g/mol. The Hall–Kier alpha value is -2.07. The van der Waals surface area contributed by atoms with Gasteiger partial charge in [0.15, 0.2) is 5.13 Å². The van der Waals surface area contributed by atoms with Crippen LogP contribution in [0.4, 0.5) is 5.13 Å². The van der Waals surface area contributed by atoms with E-state index in [1.54, 1.807) is 0 Å². The number of benzene rings is 1. The molecule has 0 bridgehead atoms. The van der Waals surface area contributed by atoms with Gasteiger partial charge in [0, 0.05) is 28.0 Å². The number of rotatable bonds is 2. The fourth-order valence-corrected chi connectivity index (χ4v) is 2.61. The highest BCUT2D eigenvalue weighted by Gasteiger charge is 2.03. The van der Waals surface area contributed by atoms with Crippen molar-refractivity contribution < 1.29 is 0 Å². The zero-order valence-electron chi connectivity index (χ0n) is 9.97. The number of nitrogens with one attached hydrogen (secondary N) is 1. The summed E-state index contributed by atoms with van der Waals surface area (Å²) in [6.07, 6.45) is 6.08. The second kappa shape index (κ2) is 4.31. The van der Waals surface area contributed by atoms with Crippen molar-refractivity contribution in [2.45, 2.75) is 6.92 Å². The minimum atomic E-state index is 0.602. The summed E-state index contributed by atoms with van der Waals surface area (Å²) >= 11 is 1.46. The molecule has 0 unspecified atom stereocenters. The minimum absolute atomic E-state index is 0.602. The molecule has 0 saturated heterocycles. The molecule has 0 amide bonds. The second-order valence-electron chi connectivity index (χ2n) is 4.19. The summed E-state index contributed by atoms with van der Waals surface area (Å²) in [7, 11) is 0. The molecule has 2 heterocycles. The third-order valence-electron chi connectivity index (χ3n) is 2.92. The molecule has 3 N–H and O–H groups in total. The molecule has 0 spiro atoms. The zero-order chi connectivity index (χ0) is 12.5. The van der Waals surface area contributed by atoms with E-state index in [9.17, 15) is 0 Å². The first-order valence-corrected chi connectivity index (χ1v) is 6.58. The zero-order valence-corrected chi connectivity index (χ0v) is 10.8. The highest BCUT2D eigenvalue weighted by Crippen LogP contribution is 2.24. The van der Waals surface area contributed by atoms with Gasteiger partial charge < -0.3 is 10.7 Å². The Morgan fingerprint density at radius 1 is 1.33 bits per heavy atom. The average Bonchev–Trinajstić information content (AvgIpc) is 2.94. The van der Waals surface area contributed by atoms with E-state index >= 15 is 0 Å². The van der Waals surface area contributed by atoms with Gasteiger partial charge in [0.2, 0.25) is 0 Å². The highest BCUT2D eigenvalue weighted by atomic mass is 32.1. The summed E-state index contributed by atoms with van der Waals surface area (Å²) in [6, 6.07) is 6.26. The molecule has 0 aliphatic carbocycles. The fourth-order valence-electron chi connectivity index (χ4n) is 2.08. The van der Waals surface area contributed by atoms with Crippen molar-refractivity contribution in [3.63, 3.8) is 0 Å². The van der Waals surface area contributed by atoms with Crippen LogP contribution >= 0.6 is 11.3 Å². The van der Waals surface area contributed by atoms with Gasteiger partial charge in [-0.3, -0.25) is 0 Å². The molecular weight excluding hydrogens is 242 g/mol. The third kappa shape index (κ3) is 1.91. The van der Waals surface area contributed by atoms with Crippen molar-refractivity contribution in [1.82, 2.24) is 9.97 Å². The molecule has 0 atom stereocenters. The topological polar surface area (TPSA) is 54.7 Å². The van der Waals surface area contributed by atoms with E-state index < -0.39 is 0 Å². The van der Waals surface area contributed by atoms with E-state index in [2.05, 4.69) is 41.2 Å². The van der Waals surface area contributed by atoms with Gasteiger partial charge in [-0.05, 0) is 24.6 Å². The number of aryl methyl sites for hydroxylation is 1. The Balaban J connectivity index is 2.03. The maximum atomic E-state index is 5.61. The Kier molecular flexibility index (Phi) is 2.64. The molecule has 1 aromatic carbocycles. The van der Waals surface area contributed by atoms with Crippen LogP contribution in [0.1, 0.15) is 16.8 Å². The van der Waals surface area contributed by atoms with Gasteiger partial charge in [-0.2, -0.15) is 0 Å². The summed E-state index contributed by atoms with van der Waals surface area (Å²) in [4.78, 5) is 7.49. The molecule has 0 aliphatic rings. The molecule has 4 heteroatoms. The van der Waals surface area contributed by atoms with E-state index in [1.807, 2.05) is 17.7 Å². The van der Waals surface area contributed by atoms with Gasteiger partial charge in [-0.15, -0.1) is 11.3 Å². The Bertz CT molecular complexity index is 722. The summed E-state index contributed by atoms with van der Waals surface area (Å²) in [6.45, 7) is 2.12. The number of nitrogen functional groups attached to an aromatic ring is 1. The van der Waals surface area contributed by atoms with Crippen LogP contribution < -0.4 is 5.73 Å². The first-order chi connectivity index (χ1) is 8.74. The molecular formula is C14H13N3S. The smallest absolute Gasteiger partial charge is 0.180 e. The quantitative estimate of drug-likeness (QED) is 0.733. The van der Waals surface area contributed by atoms with Gasteiger partial charge >= 0.3 is 0 Å². The third-order valence-corrected chi connectivity index (χ3v) is 3.61. The molecule has 90 valence electrons. The number of nitrogens with two attached hydrogens (primary N) is 1. The Labute approximate surface area is 109 Å². The summed E-state index contributed by atoms with van der Waals surface area (Å²) in [5, 5.41) is 3.81. The predicted molar refractivity (Wildman–Crippen MR) is 78.5 cm³/mol. The number of thiazole rings is 1. The van der Waals surface area contributed by atoms with Gasteiger partial charge in [0.25, 0.3) is 0 Å². The maximum absolute atomic E-state index is 5.61. The largest absolute Gasteiger partial charge is 0.375 e. The highest BCUT2D eigenvalue weighted by molar-refractivity contribution is 7.13. The summed E-state index contributed by atoms with van der Waals surface area (Å²) < 4.78 is 0. The van der Waals surface area contributed by atoms with Crippen LogP contribution in [0.15, 0.2) is 29.8 Å². The van der Waals surface area contributed by atoms with Gasteiger partial charge in [0.05, 0.1) is 5.69 Å². The van der Waals surface area contributed by atoms with Crippen LogP contribution in [-0.2, 0) is 0 Å². The number of aromatic nitrogens is 2. The number of hydrogen-bond acceptors (Lipinski definition) is 3. The van der Waals surface area contributed by atoms with Crippen LogP contribution in [0.25, 0.3) is 23.1 Å². The van der Waals surface area contributed by atoms with Crippen molar-refractivity contribution in [2.75, 3.05) is 5.73 Å². The van der Waals surface area contributed by atoms with Crippen LogP contribution in [0.5, 0.6) is 0 Å². The van der Waals surface area contributed by atoms with Crippen LogP contribution in [-0.4, -0.2) is 9.97 Å². The van der Waals surface area contributed by atoms with E-state index in [1.165, 1.54) is 27.8 Å². The van der Waals surface area contributed by atoms with Crippen molar-refractivity contribution in [3.8, 4) is 0 Å². The number of fused-ring (bicyclic) bond motifs is 1. The lowest BCUT2D eigenvalue weighted by Gasteiger charge is -1.96. The molecule has 0 fully saturated rings. The Morgan fingerprint density at radius 3 is 3.00 bits per heavy atom. The van der Waals surface area contributed by atoms with Gasteiger partial charge in [-0.1, -0.05) is 18.2 Å². The van der Waals surface area contributed by atoms with E-state index in [-0.39, 0.29) is 0 Å². The molecule has 3 nitrogen and oxygen atoms in total. The lowest BCUT2D eigenvalue weighted by Crippen LogP contribution is -1.81. The molecule has 3 rings (SSSR count). The van der Waals surface area contributed by atoms with Crippen molar-refractivity contribution in [3.05, 3.63) is 46.6 Å². The normalized spacial score (nSPS) is 11.6. The van der Waals surface area contributed by atoms with Crippen molar-refractivity contribution >= 4 is 39.5 Å². The number of nitrogens with zero attached hydrogens (tertiary/aromatic N) is 1. The summed E-state index contributed by atoms with van der Waals surface area (Å²) in [5.74, 6) is 0. The second-order valence-corrected chi connectivity index (χ2v) is 5.08. The standard InChI is InChI=1S/C14H13N3S/c1-9-3-2-4-12-13(9)10(7-16-12)5-6-11-8-18-14(15)17-11/h2-8,16H,1H3,(H2,15,17). The number of hydrogen-bond donors (Lipinski definition) is 2. The molecule has 0 radical (unpaired) electrons. The van der Waals surface area contributed by atoms with Crippen LogP contribution in [0, 0.1) is 6.92 Å². The first-order valence-electron chi connectivity index (χ1n) is 5.70. The van der Waals surface area contributed by atoms with Crippen molar-refractivity contribution in [1.29, 1.82) is 0 Å². The SMILES string of the molecule is Cc1cccc2[nH]cc(C=Cc3csc(N)n3)c12. The molecule has 0 saturated carbocycles. The van der Waals surface area contributed by atoms with E-state index in [0.29, 0.717) is 5.13 Å². The molecule has 18 heavy (non-hydrogen) atoms. The maximum Gasteiger partial charge on any atom is 0.180 e. The minimum Gasteiger partial charge on any atom is -0.375 e. The van der Waals surface area contributed by atoms with E-state index in [0.717, 1.165) is 11.2 Å². The predicted octanol–water partition coefficient (Wildman–Crippen LogP) is 3.69. The number of H-pyrrole nitrogens is 1. The Morgan fingerprint density at radius 2 is 2.22 bits per heavy atom. The number of aromatic amines is 1. The van der Waals surface area contributed by atoms with E-state index in [4.69, 9.17) is 5.73 Å². The van der Waals surface area contributed by atoms with Gasteiger partial charge in [-0.25, -0.2) is 4.98 Å². The lowest BCUT2D eigenvalue weighted by atomic mass is 10.1. The lowest BCUT2D eigenvalue weighted by molar-refractivity contribution is 1.39. The first kappa shape index (κ1) is 11.0. The van der Waals surface area contributed by atoms with Crippen LogP contribution in [0.2, 0.25) is 0 Å². The number of anilines is 1. The molecule has 0 aliphatic heterocycles. The van der Waals surface area contributed by atoms with Crippen LogP contribution in [0.3, 0.4) is 0 Å². The average molecular weight is 255 g/mol. The van der Waals surface area contributed by atoms with Crippen molar-refractivity contribution in [2.24, 2.45) is 0 Å². The summed E-state index contributed by atoms with van der Waals surface area (Å²) in [5.41, 5.74) is 10.1. The molecule has 2 aromatic heterocycles. The van der Waals surface area contributed by atoms with Gasteiger partial charge in [0.1, 0.15) is 0 Å².